The fourth-order valence-electron chi connectivity index (χ4n) is 2.69. The average Bonchev–Trinajstić information content (AvgIpc) is 2.99. The van der Waals surface area contributed by atoms with Crippen LogP contribution in [0.3, 0.4) is 0 Å². The van der Waals surface area contributed by atoms with Gasteiger partial charge in [-0.2, -0.15) is 0 Å². The highest BCUT2D eigenvalue weighted by molar-refractivity contribution is 8.01. The van der Waals surface area contributed by atoms with Crippen LogP contribution >= 0.6 is 23.1 Å². The van der Waals surface area contributed by atoms with Gasteiger partial charge >= 0.3 is 0 Å². The topological polar surface area (TPSA) is 87.2 Å². The molecule has 0 unspecified atom stereocenters. The Morgan fingerprint density at radius 3 is 2.44 bits per heavy atom. The van der Waals surface area contributed by atoms with Crippen molar-refractivity contribution >= 4 is 51.4 Å². The van der Waals surface area contributed by atoms with Gasteiger partial charge in [0.05, 0.1) is 5.75 Å². The lowest BCUT2D eigenvalue weighted by Gasteiger charge is -2.30. The highest BCUT2D eigenvalue weighted by Gasteiger charge is 2.20. The fraction of sp³-hybridized carbons (Fsp3) is 0.444. The van der Waals surface area contributed by atoms with Gasteiger partial charge in [-0.3, -0.25) is 9.59 Å². The van der Waals surface area contributed by atoms with Crippen molar-refractivity contribution < 1.29 is 9.59 Å². The predicted octanol–water partition coefficient (Wildman–Crippen LogP) is 3.98. The van der Waals surface area contributed by atoms with E-state index in [-0.39, 0.29) is 23.9 Å². The van der Waals surface area contributed by atoms with E-state index in [0.717, 1.165) is 10.0 Å². The number of hydrogen-bond donors (Lipinski definition) is 2. The number of amides is 2. The summed E-state index contributed by atoms with van der Waals surface area (Å²) in [7, 11) is 0. The van der Waals surface area contributed by atoms with Gasteiger partial charge in [0.15, 0.2) is 4.34 Å². The van der Waals surface area contributed by atoms with Crippen molar-refractivity contribution in [2.24, 2.45) is 0 Å². The Bertz CT molecular complexity index is 784. The van der Waals surface area contributed by atoms with Crippen molar-refractivity contribution in [3.63, 3.8) is 0 Å². The smallest absolute Gasteiger partial charge is 0.233 e. The number of benzene rings is 1. The first-order chi connectivity index (χ1) is 12.8. The van der Waals surface area contributed by atoms with Crippen molar-refractivity contribution in [1.29, 1.82) is 0 Å². The van der Waals surface area contributed by atoms with Gasteiger partial charge in [0.1, 0.15) is 0 Å². The summed E-state index contributed by atoms with van der Waals surface area (Å²) in [6, 6.07) is 7.69. The number of carbonyl (C=O) groups excluding carboxylic acids is 2. The average molecular weight is 408 g/mol. The molecule has 1 heterocycles. The molecule has 2 aromatic rings. The largest absolute Gasteiger partial charge is 0.337 e. The molecule has 0 fully saturated rings. The zero-order valence-electron chi connectivity index (χ0n) is 16.1. The molecule has 0 saturated carbocycles. The Morgan fingerprint density at radius 2 is 1.81 bits per heavy atom. The minimum Gasteiger partial charge on any atom is -0.337 e. The Kier molecular flexibility index (Phi) is 7.61. The summed E-state index contributed by atoms with van der Waals surface area (Å²) >= 11 is 2.78. The highest BCUT2D eigenvalue weighted by Crippen LogP contribution is 2.28. The van der Waals surface area contributed by atoms with Crippen molar-refractivity contribution in [3.8, 4) is 0 Å². The molecule has 0 spiro atoms. The van der Waals surface area contributed by atoms with E-state index >= 15 is 0 Å². The molecule has 1 aromatic heterocycles. The third-order valence-electron chi connectivity index (χ3n) is 3.56. The monoisotopic (exact) mass is 407 g/mol. The second-order valence-electron chi connectivity index (χ2n) is 6.54. The first-order valence-corrected chi connectivity index (χ1v) is 10.5. The number of nitrogens with zero attached hydrogens (tertiary/aromatic N) is 3. The summed E-state index contributed by atoms with van der Waals surface area (Å²) in [5.74, 6) is 0.309. The third kappa shape index (κ3) is 6.51. The van der Waals surface area contributed by atoms with E-state index in [1.165, 1.54) is 30.0 Å². The predicted molar refractivity (Wildman–Crippen MR) is 112 cm³/mol. The molecule has 0 aliphatic rings. The van der Waals surface area contributed by atoms with Crippen LogP contribution < -0.4 is 10.6 Å². The molecule has 0 aliphatic heterocycles. The first kappa shape index (κ1) is 21.2. The van der Waals surface area contributed by atoms with Crippen molar-refractivity contribution in [2.45, 2.75) is 51.0 Å². The van der Waals surface area contributed by atoms with E-state index in [2.05, 4.69) is 20.8 Å². The molecule has 0 atom stereocenters. The second kappa shape index (κ2) is 9.70. The molecule has 27 heavy (non-hydrogen) atoms. The quantitative estimate of drug-likeness (QED) is 0.644. The molecule has 2 amide bonds. The van der Waals surface area contributed by atoms with Crippen LogP contribution in [0.15, 0.2) is 28.6 Å². The maximum absolute atomic E-state index is 12.4. The summed E-state index contributed by atoms with van der Waals surface area (Å²) in [4.78, 5) is 25.5. The Balaban J connectivity index is 1.95. The van der Waals surface area contributed by atoms with Crippen LogP contribution in [0.1, 0.15) is 34.6 Å². The number of rotatable bonds is 8. The van der Waals surface area contributed by atoms with E-state index < -0.39 is 0 Å². The van der Waals surface area contributed by atoms with Crippen molar-refractivity contribution in [3.05, 3.63) is 24.3 Å². The zero-order chi connectivity index (χ0) is 20.0. The number of nitrogens with one attached hydrogen (secondary N) is 2. The molecule has 2 rings (SSSR count). The molecule has 0 radical (unpaired) electrons. The van der Waals surface area contributed by atoms with Crippen LogP contribution in [0.25, 0.3) is 0 Å². The van der Waals surface area contributed by atoms with Gasteiger partial charge in [0.2, 0.25) is 16.9 Å². The SMILES string of the molecule is CC(=O)Nc1cccc(Nc2nnc(SCC(=O)N(C(C)C)C(C)C)s2)c1. The molecule has 9 heteroatoms. The molecule has 7 nitrogen and oxygen atoms in total. The van der Waals surface area contributed by atoms with Gasteiger partial charge < -0.3 is 15.5 Å². The lowest BCUT2D eigenvalue weighted by molar-refractivity contribution is -0.131. The minimum atomic E-state index is -0.122. The maximum Gasteiger partial charge on any atom is 0.233 e. The Morgan fingerprint density at radius 1 is 1.15 bits per heavy atom. The van der Waals surface area contributed by atoms with Gasteiger partial charge in [-0.05, 0) is 45.9 Å². The van der Waals surface area contributed by atoms with Crippen molar-refractivity contribution in [2.75, 3.05) is 16.4 Å². The van der Waals surface area contributed by atoms with Gasteiger partial charge in [0.25, 0.3) is 0 Å². The molecular weight excluding hydrogens is 382 g/mol. The summed E-state index contributed by atoms with van der Waals surface area (Å²) in [6.45, 7) is 9.54. The zero-order valence-corrected chi connectivity index (χ0v) is 17.8. The van der Waals surface area contributed by atoms with E-state index in [9.17, 15) is 9.59 Å². The van der Waals surface area contributed by atoms with Crippen molar-refractivity contribution in [1.82, 2.24) is 15.1 Å². The Hall–Kier alpha value is -2.13. The lowest BCUT2D eigenvalue weighted by Crippen LogP contribution is -2.43. The minimum absolute atomic E-state index is 0.0951. The van der Waals surface area contributed by atoms with Crippen LogP contribution in [0, 0.1) is 0 Å². The third-order valence-corrected chi connectivity index (χ3v) is 5.52. The first-order valence-electron chi connectivity index (χ1n) is 8.68. The van der Waals surface area contributed by atoms with Crippen LogP contribution in [0.5, 0.6) is 0 Å². The second-order valence-corrected chi connectivity index (χ2v) is 8.74. The molecule has 0 saturated heterocycles. The molecule has 0 aliphatic carbocycles. The van der Waals surface area contributed by atoms with Gasteiger partial charge in [-0.1, -0.05) is 29.2 Å². The number of thioether (sulfide) groups is 1. The summed E-state index contributed by atoms with van der Waals surface area (Å²) in [6.07, 6.45) is 0. The van der Waals surface area contributed by atoms with Gasteiger partial charge in [0, 0.05) is 30.4 Å². The summed E-state index contributed by atoms with van der Waals surface area (Å²) in [5.41, 5.74) is 1.51. The van der Waals surface area contributed by atoms with Gasteiger partial charge in [-0.15, -0.1) is 10.2 Å². The lowest BCUT2D eigenvalue weighted by atomic mass is 10.2. The molecular formula is C18H25N5O2S2. The molecule has 2 N–H and O–H groups in total. The number of aromatic nitrogens is 2. The molecule has 146 valence electrons. The van der Waals surface area contributed by atoms with E-state index in [4.69, 9.17) is 0 Å². The normalized spacial score (nSPS) is 10.9. The Labute approximate surface area is 167 Å². The van der Waals surface area contributed by atoms with Crippen LogP contribution in [0.2, 0.25) is 0 Å². The van der Waals surface area contributed by atoms with Crippen LogP contribution in [-0.2, 0) is 9.59 Å². The van der Waals surface area contributed by atoms with Crippen LogP contribution in [-0.4, -0.2) is 44.7 Å². The number of anilines is 3. The number of carbonyl (C=O) groups is 2. The van der Waals surface area contributed by atoms with Gasteiger partial charge in [-0.25, -0.2) is 0 Å². The summed E-state index contributed by atoms with van der Waals surface area (Å²) < 4.78 is 0.733. The fourth-order valence-corrected chi connectivity index (χ4v) is 4.33. The van der Waals surface area contributed by atoms with E-state index in [1.807, 2.05) is 56.9 Å². The maximum atomic E-state index is 12.4. The van der Waals surface area contributed by atoms with E-state index in [1.54, 1.807) is 0 Å². The number of hydrogen-bond acceptors (Lipinski definition) is 7. The summed E-state index contributed by atoms with van der Waals surface area (Å²) in [5, 5.41) is 14.8. The van der Waals surface area contributed by atoms with E-state index in [0.29, 0.717) is 16.6 Å². The molecule has 0 bridgehead atoms. The highest BCUT2D eigenvalue weighted by atomic mass is 32.2. The molecule has 1 aromatic carbocycles. The van der Waals surface area contributed by atoms with Crippen LogP contribution in [0.4, 0.5) is 16.5 Å². The standard InChI is InChI=1S/C18H25N5O2S2/c1-11(2)23(12(3)4)16(25)10-26-18-22-21-17(27-18)20-15-8-6-7-14(9-15)19-13(5)24/h6-9,11-12H,10H2,1-5H3,(H,19,24)(H,20,21).